The van der Waals surface area contributed by atoms with E-state index >= 15 is 0 Å². The van der Waals surface area contributed by atoms with Crippen molar-refractivity contribution in [2.75, 3.05) is 33.5 Å². The Morgan fingerprint density at radius 3 is 1.63 bits per heavy atom. The predicted octanol–water partition coefficient (Wildman–Crippen LogP) is 1.78. The van der Waals surface area contributed by atoms with Gasteiger partial charge in [0.1, 0.15) is 55.9 Å². The number of carbonyl (C=O) groups is 8. The van der Waals surface area contributed by atoms with E-state index in [2.05, 4.69) is 6.58 Å². The van der Waals surface area contributed by atoms with Crippen molar-refractivity contribution in [3.05, 3.63) is 83.9 Å². The van der Waals surface area contributed by atoms with Crippen molar-refractivity contribution >= 4 is 47.6 Å². The molecule has 0 aromatic heterocycles. The molecule has 24 heteroatoms. The monoisotopic (exact) mass is 1030 g/mol. The first-order valence-electron chi connectivity index (χ1n) is 23.2. The van der Waals surface area contributed by atoms with Crippen molar-refractivity contribution in [2.24, 2.45) is 0 Å². The molecule has 24 nitrogen and oxygen atoms in total. The average molecular weight is 1030 g/mol. The summed E-state index contributed by atoms with van der Waals surface area (Å²) >= 11 is 0. The zero-order valence-corrected chi connectivity index (χ0v) is 40.9. The molecule has 396 valence electrons. The standard InChI is InChI=1S/C49H57NO23/c1-9-19-60-42-40(38-34(69-48(42)59-8)22-63-46(71-38)29-15-11-10-12-16-29)72-49-43(41(67-28(7)56)37(65-26(5)54)33(70-49)21-62-24(3)52)73-47-35(50-44(57)30-17-13-14-18-31(30)45(50)58)39(66-27(6)55)36(64-25(4)53)32(68-47)20-61-23(2)51/h9-18,32-43,46-49H,1,19-22H2,2-8H3/t32-,33-,34-,35-,36-,37-,38-,39-,40+,41+,42+,43+,46-,47+,48+,49-/m1/s1. The number of methoxy groups -OCH3 is 1. The zero-order chi connectivity index (χ0) is 52.7. The van der Waals surface area contributed by atoms with Crippen molar-refractivity contribution in [1.29, 1.82) is 0 Å². The first-order chi connectivity index (χ1) is 34.9. The number of carbonyl (C=O) groups excluding carboxylic acids is 8. The van der Waals surface area contributed by atoms with E-state index in [4.69, 9.17) is 71.1 Å². The molecule has 0 aliphatic carbocycles. The van der Waals surface area contributed by atoms with Gasteiger partial charge in [0.25, 0.3) is 11.8 Å². The number of benzene rings is 2. The van der Waals surface area contributed by atoms with Crippen molar-refractivity contribution in [3.8, 4) is 0 Å². The second-order valence-corrected chi connectivity index (χ2v) is 17.2. The fourth-order valence-corrected chi connectivity index (χ4v) is 9.21. The maximum absolute atomic E-state index is 14.5. The summed E-state index contributed by atoms with van der Waals surface area (Å²) in [5.41, 5.74) is 0.485. The Morgan fingerprint density at radius 2 is 1.10 bits per heavy atom. The third-order valence-electron chi connectivity index (χ3n) is 12.0. The first kappa shape index (κ1) is 54.6. The second-order valence-electron chi connectivity index (χ2n) is 17.2. The summed E-state index contributed by atoms with van der Waals surface area (Å²) in [4.78, 5) is 107. The molecule has 5 heterocycles. The molecule has 0 spiro atoms. The quantitative estimate of drug-likeness (QED) is 0.0890. The SMILES string of the molecule is C=CCO[C@@H]1[C@@H](OC)O[C@@H]2CO[C@@H](c3ccccc3)O[C@H]2[C@@H]1O[C@H]1O[C@H](COC(C)=O)[C@@H](OC(C)=O)[C@H](OC(C)=O)[C@@H]1O[C@@H]1O[C@H](COC(C)=O)[C@@H](OC(C)=O)[C@H](OC(C)=O)[C@H]1N1C(=O)c2ccccc2C1=O. The van der Waals surface area contributed by atoms with Gasteiger partial charge in [-0.1, -0.05) is 48.5 Å². The Hall–Kier alpha value is -6.22. The number of imide groups is 1. The van der Waals surface area contributed by atoms with E-state index in [1.54, 1.807) is 30.3 Å². The summed E-state index contributed by atoms with van der Waals surface area (Å²) in [5, 5.41) is 0. The van der Waals surface area contributed by atoms with Crippen molar-refractivity contribution in [3.63, 3.8) is 0 Å². The minimum atomic E-state index is -2.07. The maximum atomic E-state index is 14.5. The molecule has 0 bridgehead atoms. The molecule has 2 aromatic carbocycles. The summed E-state index contributed by atoms with van der Waals surface area (Å²) in [5.74, 6) is -7.26. The second kappa shape index (κ2) is 24.2. The third kappa shape index (κ3) is 12.6. The Kier molecular flexibility index (Phi) is 18.1. The highest BCUT2D eigenvalue weighted by molar-refractivity contribution is 6.21. The fourth-order valence-electron chi connectivity index (χ4n) is 9.21. The number of hydrogen-bond donors (Lipinski definition) is 0. The van der Waals surface area contributed by atoms with Gasteiger partial charge in [0.05, 0.1) is 24.3 Å². The molecule has 2 aromatic rings. The van der Waals surface area contributed by atoms with Crippen LogP contribution < -0.4 is 0 Å². The van der Waals surface area contributed by atoms with Gasteiger partial charge in [-0.3, -0.25) is 43.3 Å². The molecule has 4 saturated heterocycles. The molecule has 7 rings (SSSR count). The van der Waals surface area contributed by atoms with E-state index in [0.29, 0.717) is 10.5 Å². The van der Waals surface area contributed by atoms with Crippen LogP contribution in [0.2, 0.25) is 0 Å². The topological polar surface area (TPSA) is 278 Å². The Bertz CT molecular complexity index is 2330. The molecule has 5 aliphatic rings. The van der Waals surface area contributed by atoms with Gasteiger partial charge in [0, 0.05) is 54.2 Å². The summed E-state index contributed by atoms with van der Waals surface area (Å²) in [7, 11) is 1.36. The van der Waals surface area contributed by atoms with Crippen LogP contribution in [0.3, 0.4) is 0 Å². The molecule has 0 N–H and O–H groups in total. The molecule has 0 saturated carbocycles. The van der Waals surface area contributed by atoms with Gasteiger partial charge in [0.15, 0.2) is 55.7 Å². The molecule has 4 fully saturated rings. The largest absolute Gasteiger partial charge is 0.463 e. The van der Waals surface area contributed by atoms with Gasteiger partial charge in [0.2, 0.25) is 0 Å². The van der Waals surface area contributed by atoms with Gasteiger partial charge in [-0.2, -0.15) is 0 Å². The van der Waals surface area contributed by atoms with E-state index in [1.165, 1.54) is 37.5 Å². The Balaban J connectivity index is 1.41. The van der Waals surface area contributed by atoms with Crippen LogP contribution >= 0.6 is 0 Å². The van der Waals surface area contributed by atoms with E-state index in [1.807, 2.05) is 0 Å². The van der Waals surface area contributed by atoms with Crippen LogP contribution in [0.4, 0.5) is 0 Å². The maximum Gasteiger partial charge on any atom is 0.303 e. The Labute approximate surface area is 418 Å². The molecule has 73 heavy (non-hydrogen) atoms. The number of hydrogen-bond acceptors (Lipinski definition) is 23. The van der Waals surface area contributed by atoms with Crippen LogP contribution in [0.1, 0.15) is 74.1 Å². The molecule has 16 atom stereocenters. The van der Waals surface area contributed by atoms with Gasteiger partial charge in [-0.05, 0) is 12.1 Å². The van der Waals surface area contributed by atoms with Crippen LogP contribution in [0.5, 0.6) is 0 Å². The fraction of sp³-hybridized carbons (Fsp3) is 0.551. The molecule has 5 aliphatic heterocycles. The predicted molar refractivity (Wildman–Crippen MR) is 239 cm³/mol. The number of rotatable bonds is 18. The molecule has 2 amide bonds. The number of nitrogens with zero attached hydrogens (tertiary/aromatic N) is 1. The summed E-state index contributed by atoms with van der Waals surface area (Å²) in [6.07, 6.45) is -21.3. The van der Waals surface area contributed by atoms with E-state index in [9.17, 15) is 38.4 Å². The highest BCUT2D eigenvalue weighted by atomic mass is 16.8. The molecular formula is C49H57NO23. The van der Waals surface area contributed by atoms with Crippen molar-refractivity contribution < 1.29 is 109 Å². The normalized spacial score (nSPS) is 32.8. The lowest BCUT2D eigenvalue weighted by molar-refractivity contribution is -0.404. The van der Waals surface area contributed by atoms with Crippen LogP contribution in [0.15, 0.2) is 67.3 Å². The first-order valence-corrected chi connectivity index (χ1v) is 23.2. The smallest absolute Gasteiger partial charge is 0.303 e. The van der Waals surface area contributed by atoms with Crippen LogP contribution in [-0.2, 0) is 99.8 Å². The Morgan fingerprint density at radius 1 is 0.589 bits per heavy atom. The number of amides is 2. The van der Waals surface area contributed by atoms with Crippen molar-refractivity contribution in [1.82, 2.24) is 4.90 Å². The third-order valence-corrected chi connectivity index (χ3v) is 12.0. The summed E-state index contributed by atoms with van der Waals surface area (Å²) in [6.45, 7) is 8.63. The van der Waals surface area contributed by atoms with Crippen LogP contribution in [0, 0.1) is 0 Å². The van der Waals surface area contributed by atoms with E-state index in [0.717, 1.165) is 41.5 Å². The lowest BCUT2D eigenvalue weighted by Gasteiger charge is -2.52. The lowest BCUT2D eigenvalue weighted by atomic mass is 9.93. The number of esters is 6. The van der Waals surface area contributed by atoms with Gasteiger partial charge in [-0.15, -0.1) is 6.58 Å². The lowest BCUT2D eigenvalue weighted by Crippen LogP contribution is -2.71. The van der Waals surface area contributed by atoms with Gasteiger partial charge >= 0.3 is 35.8 Å². The highest BCUT2D eigenvalue weighted by Gasteiger charge is 2.62. The van der Waals surface area contributed by atoms with E-state index in [-0.39, 0.29) is 24.3 Å². The highest BCUT2D eigenvalue weighted by Crippen LogP contribution is 2.42. The van der Waals surface area contributed by atoms with Gasteiger partial charge < -0.3 is 71.1 Å². The van der Waals surface area contributed by atoms with Crippen LogP contribution in [0.25, 0.3) is 0 Å². The zero-order valence-electron chi connectivity index (χ0n) is 40.9. The number of fused-ring (bicyclic) bond motifs is 2. The molecular weight excluding hydrogens is 971 g/mol. The minimum Gasteiger partial charge on any atom is -0.463 e. The van der Waals surface area contributed by atoms with Gasteiger partial charge in [-0.25, -0.2) is 0 Å². The molecule has 0 radical (unpaired) electrons. The number of ether oxygens (including phenoxy) is 15. The molecule has 0 unspecified atom stereocenters. The minimum absolute atomic E-state index is 0.0636. The van der Waals surface area contributed by atoms with Crippen LogP contribution in [-0.4, -0.2) is 178 Å². The average Bonchev–Trinajstić information content (AvgIpc) is 3.59. The summed E-state index contributed by atoms with van der Waals surface area (Å²) < 4.78 is 91.8. The van der Waals surface area contributed by atoms with E-state index < -0.39 is 159 Å². The summed E-state index contributed by atoms with van der Waals surface area (Å²) in [6, 6.07) is 12.8. The van der Waals surface area contributed by atoms with Crippen molar-refractivity contribution in [2.45, 2.75) is 140 Å².